The Hall–Kier alpha value is -4.81. The van der Waals surface area contributed by atoms with E-state index in [1.807, 2.05) is 0 Å². The van der Waals surface area contributed by atoms with Gasteiger partial charge in [0.25, 0.3) is 0 Å². The van der Waals surface area contributed by atoms with Crippen LogP contribution in [0.25, 0.3) is 0 Å². The van der Waals surface area contributed by atoms with Gasteiger partial charge in [0.05, 0.1) is 45.1 Å². The molecule has 0 aromatic heterocycles. The van der Waals surface area contributed by atoms with E-state index in [-0.39, 0.29) is 6.42 Å². The molecule has 0 aromatic carbocycles. The van der Waals surface area contributed by atoms with Crippen molar-refractivity contribution in [2.24, 2.45) is 0 Å². The van der Waals surface area contributed by atoms with Crippen LogP contribution in [0.2, 0.25) is 0 Å². The van der Waals surface area contributed by atoms with Gasteiger partial charge in [-0.05, 0) is 6.42 Å². The second kappa shape index (κ2) is 15.1. The van der Waals surface area contributed by atoms with E-state index in [0.717, 1.165) is 0 Å². The van der Waals surface area contributed by atoms with Crippen LogP contribution in [-0.4, -0.2) is 113 Å². The number of unbranched alkanes of at least 4 members (excludes halogenated alkanes) is 1. The first-order chi connectivity index (χ1) is 18.7. The van der Waals surface area contributed by atoms with Gasteiger partial charge in [0, 0.05) is 0 Å². The Morgan fingerprint density at radius 3 is 1.12 bits per heavy atom. The summed E-state index contributed by atoms with van der Waals surface area (Å²) < 4.78 is 13.8. The molecule has 0 rings (SSSR count). The number of aliphatic hydroxyl groups is 1. The van der Waals surface area contributed by atoms with Crippen LogP contribution in [0, 0.1) is 0 Å². The second-order valence-electron chi connectivity index (χ2n) is 8.70. The Morgan fingerprint density at radius 1 is 0.561 bits per heavy atom. The van der Waals surface area contributed by atoms with Gasteiger partial charge in [0.15, 0.2) is 5.60 Å². The number of hydrogen-bond acceptors (Lipinski definition) is 13. The quantitative estimate of drug-likeness (QED) is 0.0476. The molecule has 0 fully saturated rings. The highest BCUT2D eigenvalue weighted by Gasteiger charge is 2.52. The summed E-state index contributed by atoms with van der Waals surface area (Å²) in [5.74, 6) is -17.8. The van der Waals surface area contributed by atoms with Gasteiger partial charge in [0.2, 0.25) is 11.2 Å². The van der Waals surface area contributed by atoms with Crippen LogP contribution in [0.4, 0.5) is 0 Å². The Kier molecular flexibility index (Phi) is 13.3. The third kappa shape index (κ3) is 11.4. The summed E-state index contributed by atoms with van der Waals surface area (Å²) in [6.07, 6.45) is -9.15. The van der Waals surface area contributed by atoms with Crippen LogP contribution < -0.4 is 0 Å². The van der Waals surface area contributed by atoms with E-state index in [4.69, 9.17) is 25.2 Å². The molecule has 0 aliphatic carbocycles. The lowest BCUT2D eigenvalue weighted by Gasteiger charge is -2.31. The maximum absolute atomic E-state index is 12.6. The molecular weight excluding hydrogens is 568 g/mol. The van der Waals surface area contributed by atoms with Crippen molar-refractivity contribution >= 4 is 53.7 Å². The summed E-state index contributed by atoms with van der Waals surface area (Å²) in [5, 5.41) is 65.7. The zero-order valence-corrected chi connectivity index (χ0v) is 21.4. The van der Waals surface area contributed by atoms with Gasteiger partial charge >= 0.3 is 53.7 Å². The first-order valence-electron chi connectivity index (χ1n) is 11.4. The van der Waals surface area contributed by atoms with Crippen LogP contribution in [-0.2, 0) is 57.4 Å². The van der Waals surface area contributed by atoms with E-state index in [1.54, 1.807) is 6.92 Å². The van der Waals surface area contributed by atoms with Crippen LogP contribution >= 0.6 is 0 Å². The number of carbonyl (C=O) groups is 9. The van der Waals surface area contributed by atoms with Crippen molar-refractivity contribution in [1.29, 1.82) is 0 Å². The topological polar surface area (TPSA) is 323 Å². The molecule has 19 heteroatoms. The summed E-state index contributed by atoms with van der Waals surface area (Å²) >= 11 is 0. The van der Waals surface area contributed by atoms with Gasteiger partial charge in [-0.15, -0.1) is 0 Å². The maximum atomic E-state index is 12.6. The Morgan fingerprint density at radius 2 is 0.878 bits per heavy atom. The van der Waals surface area contributed by atoms with Gasteiger partial charge < -0.3 is 50.0 Å². The number of esters is 3. The lowest BCUT2D eigenvalue weighted by molar-refractivity contribution is -0.196. The lowest BCUT2D eigenvalue weighted by Crippen LogP contribution is -2.51. The van der Waals surface area contributed by atoms with Crippen LogP contribution in [0.3, 0.4) is 0 Å². The molecule has 0 aromatic rings. The average molecular weight is 596 g/mol. The van der Waals surface area contributed by atoms with E-state index in [1.165, 1.54) is 0 Å². The molecule has 0 saturated heterocycles. The maximum Gasteiger partial charge on any atom is 0.349 e. The van der Waals surface area contributed by atoms with E-state index in [0.29, 0.717) is 6.42 Å². The first kappa shape index (κ1) is 36.2. The predicted molar refractivity (Wildman–Crippen MR) is 122 cm³/mol. The number of carboxylic acid groups (broad SMARTS) is 6. The third-order valence-electron chi connectivity index (χ3n) is 5.13. The number of hydrogen-bond donors (Lipinski definition) is 7. The largest absolute Gasteiger partial charge is 0.481 e. The van der Waals surface area contributed by atoms with E-state index in [2.05, 4.69) is 9.47 Å². The highest BCUT2D eigenvalue weighted by atomic mass is 16.6. The molecule has 0 radical (unpaired) electrons. The summed E-state index contributed by atoms with van der Waals surface area (Å²) in [7, 11) is 0. The number of ether oxygens (including phenoxy) is 3. The van der Waals surface area contributed by atoms with Gasteiger partial charge in [-0.2, -0.15) is 0 Å². The fourth-order valence-electron chi connectivity index (χ4n) is 3.27. The standard InChI is InChI=1S/C22H28O19/c1-2-3-4-39-19(37)20(38,9-15(31)40-21(17(33)34,5-11(23)24)6-12(25)26)10-16(32)41-22(18(35)36,7-13(27)28)8-14(29)30/h38H,2-10H2,1H3,(H,23,24)(H,25,26)(H,27,28)(H,29,30)(H,33,34)(H,35,36). The second-order valence-corrected chi connectivity index (χ2v) is 8.70. The van der Waals surface area contributed by atoms with Crippen molar-refractivity contribution in [3.05, 3.63) is 0 Å². The molecule has 0 aliphatic rings. The highest BCUT2D eigenvalue weighted by molar-refractivity contribution is 5.95. The SMILES string of the molecule is CCCCOC(=O)C(O)(CC(=O)OC(CC(=O)O)(CC(=O)O)C(=O)O)CC(=O)OC(CC(=O)O)(CC(=O)O)C(=O)O. The molecule has 0 unspecified atom stereocenters. The van der Waals surface area contributed by atoms with Crippen LogP contribution in [0.5, 0.6) is 0 Å². The number of rotatable bonds is 20. The lowest BCUT2D eigenvalue weighted by atomic mass is 9.92. The Bertz CT molecular complexity index is 971. The zero-order chi connectivity index (χ0) is 32.2. The molecule has 41 heavy (non-hydrogen) atoms. The predicted octanol–water partition coefficient (Wildman–Crippen LogP) is -1.53. The minimum atomic E-state index is -3.37. The van der Waals surface area contributed by atoms with E-state index >= 15 is 0 Å². The molecule has 0 heterocycles. The van der Waals surface area contributed by atoms with Crippen molar-refractivity contribution in [3.8, 4) is 0 Å². The normalized spacial score (nSPS) is 11.6. The molecule has 230 valence electrons. The van der Waals surface area contributed by atoms with E-state index in [9.17, 15) is 58.5 Å². The summed E-state index contributed by atoms with van der Waals surface area (Å²) in [6.45, 7) is 1.25. The highest BCUT2D eigenvalue weighted by Crippen LogP contribution is 2.29. The van der Waals surface area contributed by atoms with Gasteiger partial charge in [-0.25, -0.2) is 14.4 Å². The molecule has 7 N–H and O–H groups in total. The van der Waals surface area contributed by atoms with Crippen molar-refractivity contribution in [2.75, 3.05) is 6.61 Å². The smallest absolute Gasteiger partial charge is 0.349 e. The third-order valence-corrected chi connectivity index (χ3v) is 5.13. The van der Waals surface area contributed by atoms with Gasteiger partial charge in [-0.1, -0.05) is 13.3 Å². The van der Waals surface area contributed by atoms with Crippen LogP contribution in [0.15, 0.2) is 0 Å². The number of carbonyl (C=O) groups excluding carboxylic acids is 3. The molecule has 0 saturated carbocycles. The van der Waals surface area contributed by atoms with Crippen molar-refractivity contribution in [1.82, 2.24) is 0 Å². The number of carboxylic acids is 6. The number of aliphatic carboxylic acids is 6. The monoisotopic (exact) mass is 596 g/mol. The molecule has 0 spiro atoms. The fraction of sp³-hybridized carbons (Fsp3) is 0.591. The van der Waals surface area contributed by atoms with Crippen molar-refractivity contribution < 1.29 is 93.1 Å². The van der Waals surface area contributed by atoms with Gasteiger partial charge in [0.1, 0.15) is 0 Å². The molecular formula is C22H28O19. The summed E-state index contributed by atoms with van der Waals surface area (Å²) in [5.41, 5.74) is -9.86. The average Bonchev–Trinajstić information content (AvgIpc) is 2.76. The summed E-state index contributed by atoms with van der Waals surface area (Å²) in [4.78, 5) is 106. The molecule has 0 atom stereocenters. The summed E-state index contributed by atoms with van der Waals surface area (Å²) in [6, 6.07) is 0. The molecule has 19 nitrogen and oxygen atoms in total. The zero-order valence-electron chi connectivity index (χ0n) is 21.4. The Labute approximate surface area is 229 Å². The minimum Gasteiger partial charge on any atom is -0.481 e. The van der Waals surface area contributed by atoms with Crippen molar-refractivity contribution in [2.45, 2.75) is 75.1 Å². The molecule has 0 bridgehead atoms. The Balaban J connectivity index is 6.41. The molecule has 0 amide bonds. The van der Waals surface area contributed by atoms with Gasteiger partial charge in [-0.3, -0.25) is 28.8 Å². The first-order valence-corrected chi connectivity index (χ1v) is 11.4. The minimum absolute atomic E-state index is 0.190. The van der Waals surface area contributed by atoms with E-state index < -0.39 is 116 Å². The van der Waals surface area contributed by atoms with Crippen molar-refractivity contribution in [3.63, 3.8) is 0 Å². The molecule has 0 aliphatic heterocycles. The van der Waals surface area contributed by atoms with Crippen LogP contribution in [0.1, 0.15) is 58.3 Å². The fourth-order valence-corrected chi connectivity index (χ4v) is 3.27.